The molecule has 0 amide bonds. The smallest absolute Gasteiger partial charge is 0.108 e. The van der Waals surface area contributed by atoms with E-state index in [-0.39, 0.29) is 5.60 Å². The summed E-state index contributed by atoms with van der Waals surface area (Å²) in [6, 6.07) is 6.50. The van der Waals surface area contributed by atoms with Gasteiger partial charge in [-0.1, -0.05) is 18.2 Å². The van der Waals surface area contributed by atoms with Crippen LogP contribution in [-0.4, -0.2) is 13.1 Å². The van der Waals surface area contributed by atoms with Crippen molar-refractivity contribution in [2.24, 2.45) is 0 Å². The van der Waals surface area contributed by atoms with Gasteiger partial charge in [0.1, 0.15) is 5.60 Å². The topological polar surface area (TPSA) is 21.3 Å². The summed E-state index contributed by atoms with van der Waals surface area (Å²) in [6.45, 7) is 5.03. The minimum atomic E-state index is 0.000671. The largest absolute Gasteiger partial charge is 0.364 e. The van der Waals surface area contributed by atoms with E-state index in [9.17, 15) is 0 Å². The molecule has 2 aliphatic rings. The molecule has 2 nitrogen and oxygen atoms in total. The van der Waals surface area contributed by atoms with E-state index in [1.807, 2.05) is 0 Å². The second-order valence-electron chi connectivity index (χ2n) is 4.32. The predicted octanol–water partition coefficient (Wildman–Crippen LogP) is 1.71. The molecule has 0 radical (unpaired) electrons. The van der Waals surface area contributed by atoms with Gasteiger partial charge in [0.15, 0.2) is 0 Å². The molecule has 1 aromatic carbocycles. The van der Waals surface area contributed by atoms with Gasteiger partial charge in [0, 0.05) is 6.54 Å². The van der Waals surface area contributed by atoms with Crippen LogP contribution in [0, 0.1) is 6.92 Å². The van der Waals surface area contributed by atoms with Crippen molar-refractivity contribution in [3.8, 4) is 0 Å². The lowest BCUT2D eigenvalue weighted by Gasteiger charge is -2.24. The Morgan fingerprint density at radius 2 is 2.36 bits per heavy atom. The number of ether oxygens (including phenoxy) is 1. The molecular weight excluding hydrogens is 174 g/mol. The quantitative estimate of drug-likeness (QED) is 0.671. The molecule has 1 saturated heterocycles. The summed E-state index contributed by atoms with van der Waals surface area (Å²) in [6.07, 6.45) is 1.12. The molecule has 1 spiro atoms. The van der Waals surface area contributed by atoms with Crippen LogP contribution in [0.4, 0.5) is 0 Å². The predicted molar refractivity (Wildman–Crippen MR) is 55.1 cm³/mol. The van der Waals surface area contributed by atoms with Gasteiger partial charge in [0.05, 0.1) is 6.61 Å². The van der Waals surface area contributed by atoms with Gasteiger partial charge < -0.3 is 10.1 Å². The third-order valence-corrected chi connectivity index (χ3v) is 3.43. The van der Waals surface area contributed by atoms with Crippen LogP contribution in [0.3, 0.4) is 0 Å². The molecule has 0 aliphatic carbocycles. The average Bonchev–Trinajstić information content (AvgIpc) is 2.77. The number of rotatable bonds is 0. The second-order valence-corrected chi connectivity index (χ2v) is 4.32. The van der Waals surface area contributed by atoms with Gasteiger partial charge in [-0.3, -0.25) is 0 Å². The van der Waals surface area contributed by atoms with E-state index in [1.165, 1.54) is 16.7 Å². The number of hydrogen-bond donors (Lipinski definition) is 1. The van der Waals surface area contributed by atoms with Crippen LogP contribution < -0.4 is 5.32 Å². The molecule has 1 aromatic rings. The lowest BCUT2D eigenvalue weighted by Crippen LogP contribution is -2.28. The van der Waals surface area contributed by atoms with E-state index in [0.717, 1.165) is 26.1 Å². The van der Waals surface area contributed by atoms with Crippen molar-refractivity contribution < 1.29 is 4.74 Å². The van der Waals surface area contributed by atoms with Crippen LogP contribution in [0.5, 0.6) is 0 Å². The van der Waals surface area contributed by atoms with E-state index in [1.54, 1.807) is 0 Å². The van der Waals surface area contributed by atoms with Gasteiger partial charge in [0.25, 0.3) is 0 Å². The molecule has 3 rings (SSSR count). The average molecular weight is 189 g/mol. The van der Waals surface area contributed by atoms with Crippen molar-refractivity contribution in [3.05, 3.63) is 34.9 Å². The van der Waals surface area contributed by atoms with E-state index in [0.29, 0.717) is 0 Å². The molecule has 2 heteroatoms. The Labute approximate surface area is 84.3 Å². The summed E-state index contributed by atoms with van der Waals surface area (Å²) >= 11 is 0. The first-order valence-corrected chi connectivity index (χ1v) is 5.25. The molecule has 1 fully saturated rings. The first-order valence-electron chi connectivity index (χ1n) is 5.25. The third-order valence-electron chi connectivity index (χ3n) is 3.43. The first-order chi connectivity index (χ1) is 6.82. The highest BCUT2D eigenvalue weighted by molar-refractivity contribution is 5.42. The van der Waals surface area contributed by atoms with E-state index in [2.05, 4.69) is 30.4 Å². The van der Waals surface area contributed by atoms with Gasteiger partial charge in [-0.05, 0) is 36.6 Å². The molecule has 1 N–H and O–H groups in total. The minimum Gasteiger partial charge on any atom is -0.364 e. The summed E-state index contributed by atoms with van der Waals surface area (Å²) in [5.74, 6) is 0. The summed E-state index contributed by atoms with van der Waals surface area (Å²) in [4.78, 5) is 0. The van der Waals surface area contributed by atoms with Crippen molar-refractivity contribution in [1.82, 2.24) is 5.32 Å². The van der Waals surface area contributed by atoms with E-state index < -0.39 is 0 Å². The van der Waals surface area contributed by atoms with E-state index >= 15 is 0 Å². The number of aryl methyl sites for hydroxylation is 1. The molecule has 2 aliphatic heterocycles. The highest BCUT2D eigenvalue weighted by Crippen LogP contribution is 2.42. The van der Waals surface area contributed by atoms with Gasteiger partial charge in [-0.2, -0.15) is 0 Å². The Balaban J connectivity index is 2.16. The fourth-order valence-corrected chi connectivity index (χ4v) is 2.79. The monoisotopic (exact) mass is 189 g/mol. The highest BCUT2D eigenvalue weighted by Gasteiger charge is 2.43. The van der Waals surface area contributed by atoms with Gasteiger partial charge in [0.2, 0.25) is 0 Å². The van der Waals surface area contributed by atoms with Crippen molar-refractivity contribution >= 4 is 0 Å². The standard InChI is InChI=1S/C12H15NO/c1-9-3-2-4-10-7-14-12(11(9)10)5-6-13-8-12/h2-4,13H,5-8H2,1H3. The fraction of sp³-hybridized carbons (Fsp3) is 0.500. The van der Waals surface area contributed by atoms with Crippen LogP contribution in [0.2, 0.25) is 0 Å². The van der Waals surface area contributed by atoms with Crippen LogP contribution in [0.25, 0.3) is 0 Å². The molecule has 14 heavy (non-hydrogen) atoms. The molecule has 1 atom stereocenters. The molecule has 2 heterocycles. The van der Waals surface area contributed by atoms with Crippen molar-refractivity contribution in [3.63, 3.8) is 0 Å². The number of nitrogens with one attached hydrogen (secondary N) is 1. The van der Waals surface area contributed by atoms with Crippen molar-refractivity contribution in [2.45, 2.75) is 25.6 Å². The van der Waals surface area contributed by atoms with Gasteiger partial charge >= 0.3 is 0 Å². The normalized spacial score (nSPS) is 29.8. The molecule has 0 saturated carbocycles. The highest BCUT2D eigenvalue weighted by atomic mass is 16.5. The Hall–Kier alpha value is -0.860. The zero-order chi connectivity index (χ0) is 9.60. The molecule has 0 bridgehead atoms. The Kier molecular flexibility index (Phi) is 1.70. The Bertz CT molecular complexity index is 367. The minimum absolute atomic E-state index is 0.000671. The number of fused-ring (bicyclic) bond motifs is 2. The SMILES string of the molecule is Cc1cccc2c1C1(CCNC1)OC2. The number of benzene rings is 1. The maximum atomic E-state index is 5.99. The fourth-order valence-electron chi connectivity index (χ4n) is 2.79. The van der Waals surface area contributed by atoms with Crippen molar-refractivity contribution in [1.29, 1.82) is 0 Å². The second kappa shape index (κ2) is 2.81. The summed E-state index contributed by atoms with van der Waals surface area (Å²) in [5.41, 5.74) is 4.21. The van der Waals surface area contributed by atoms with Crippen LogP contribution in [-0.2, 0) is 16.9 Å². The summed E-state index contributed by atoms with van der Waals surface area (Å²) < 4.78 is 5.99. The lowest BCUT2D eigenvalue weighted by molar-refractivity contribution is -0.0221. The third kappa shape index (κ3) is 0.983. The van der Waals surface area contributed by atoms with Crippen LogP contribution in [0.15, 0.2) is 18.2 Å². The van der Waals surface area contributed by atoms with Gasteiger partial charge in [-0.25, -0.2) is 0 Å². The first kappa shape index (κ1) is 8.45. The van der Waals surface area contributed by atoms with Crippen LogP contribution in [0.1, 0.15) is 23.1 Å². The maximum Gasteiger partial charge on any atom is 0.108 e. The Morgan fingerprint density at radius 3 is 3.14 bits per heavy atom. The molecule has 1 unspecified atom stereocenters. The molecular formula is C12H15NO. The zero-order valence-corrected chi connectivity index (χ0v) is 8.47. The van der Waals surface area contributed by atoms with Gasteiger partial charge in [-0.15, -0.1) is 0 Å². The van der Waals surface area contributed by atoms with Crippen molar-refractivity contribution in [2.75, 3.05) is 13.1 Å². The summed E-state index contributed by atoms with van der Waals surface area (Å²) in [5, 5.41) is 3.40. The number of hydrogen-bond acceptors (Lipinski definition) is 2. The Morgan fingerprint density at radius 1 is 1.43 bits per heavy atom. The maximum absolute atomic E-state index is 5.99. The summed E-state index contributed by atoms with van der Waals surface area (Å²) in [7, 11) is 0. The van der Waals surface area contributed by atoms with Crippen LogP contribution >= 0.6 is 0 Å². The molecule has 0 aromatic heterocycles. The molecule has 74 valence electrons. The zero-order valence-electron chi connectivity index (χ0n) is 8.47. The van der Waals surface area contributed by atoms with E-state index in [4.69, 9.17) is 4.74 Å². The lowest BCUT2D eigenvalue weighted by atomic mass is 9.88.